The molecule has 0 atom stereocenters. The molecule has 1 heterocycles. The van der Waals surface area contributed by atoms with Gasteiger partial charge in [0.15, 0.2) is 5.43 Å². The molecule has 3 aromatic rings. The first-order valence-electron chi connectivity index (χ1n) is 7.95. The third-order valence-electron chi connectivity index (χ3n) is 3.70. The molecule has 27 heavy (non-hydrogen) atoms. The van der Waals surface area contributed by atoms with Crippen LogP contribution in [0.15, 0.2) is 81.4 Å². The molecule has 0 radical (unpaired) electrons. The Morgan fingerprint density at radius 3 is 2.67 bits per heavy atom. The molecular weight excluding hydrogens is 368 g/mol. The van der Waals surface area contributed by atoms with E-state index in [1.807, 2.05) is 4.72 Å². The maximum atomic E-state index is 12.4. The van der Waals surface area contributed by atoms with Crippen molar-refractivity contribution < 1.29 is 17.6 Å². The lowest BCUT2D eigenvalue weighted by Crippen LogP contribution is -2.39. The number of sulfonamides is 1. The Morgan fingerprint density at radius 1 is 1.11 bits per heavy atom. The zero-order valence-electron chi connectivity index (χ0n) is 14.1. The second-order valence-electron chi connectivity index (χ2n) is 5.60. The van der Waals surface area contributed by atoms with E-state index in [1.54, 1.807) is 30.3 Å². The molecule has 2 N–H and O–H groups in total. The normalized spacial score (nSPS) is 11.1. The third-order valence-corrected chi connectivity index (χ3v) is 5.03. The van der Waals surface area contributed by atoms with Gasteiger partial charge in [0, 0.05) is 18.2 Å². The van der Waals surface area contributed by atoms with E-state index in [4.69, 9.17) is 4.42 Å². The van der Waals surface area contributed by atoms with Gasteiger partial charge in [-0.2, -0.15) is 0 Å². The Morgan fingerprint density at radius 2 is 1.89 bits per heavy atom. The maximum Gasteiger partial charge on any atom is 0.328 e. The van der Waals surface area contributed by atoms with Gasteiger partial charge in [-0.25, -0.2) is 17.9 Å². The monoisotopic (exact) mass is 384 g/mol. The smallest absolute Gasteiger partial charge is 0.328 e. The zero-order chi connectivity index (χ0) is 19.4. The van der Waals surface area contributed by atoms with Gasteiger partial charge in [0.1, 0.15) is 11.3 Å². The van der Waals surface area contributed by atoms with Gasteiger partial charge in [-0.1, -0.05) is 30.3 Å². The highest BCUT2D eigenvalue weighted by molar-refractivity contribution is 7.90. The number of carbonyl (C=O) groups excluding carboxylic acids is 1. The van der Waals surface area contributed by atoms with Crippen molar-refractivity contribution in [2.45, 2.75) is 4.90 Å². The molecule has 0 spiro atoms. The topological polar surface area (TPSA) is 105 Å². The molecule has 2 aromatic carbocycles. The van der Waals surface area contributed by atoms with E-state index in [9.17, 15) is 18.0 Å². The number of urea groups is 1. The highest BCUT2D eigenvalue weighted by Crippen LogP contribution is 2.24. The quantitative estimate of drug-likeness (QED) is 0.658. The number of fused-ring (bicyclic) bond motifs is 1. The van der Waals surface area contributed by atoms with Crippen LogP contribution in [0.2, 0.25) is 0 Å². The molecule has 2 amide bonds. The van der Waals surface area contributed by atoms with Crippen LogP contribution in [-0.4, -0.2) is 21.0 Å². The van der Waals surface area contributed by atoms with Gasteiger partial charge in [0.25, 0.3) is 10.0 Å². The SMILES string of the molecule is C=CCNC(=O)NS(=O)(=O)c1cccc(-c2cc(=O)c3ccccc3o2)c1. The lowest BCUT2D eigenvalue weighted by molar-refractivity contribution is 0.247. The predicted octanol–water partition coefficient (Wildman–Crippen LogP) is 2.63. The fraction of sp³-hybridized carbons (Fsp3) is 0.0526. The molecule has 0 saturated heterocycles. The Kier molecular flexibility index (Phi) is 5.09. The molecule has 138 valence electrons. The van der Waals surface area contributed by atoms with E-state index in [0.29, 0.717) is 16.5 Å². The van der Waals surface area contributed by atoms with Crippen LogP contribution >= 0.6 is 0 Å². The van der Waals surface area contributed by atoms with Gasteiger partial charge < -0.3 is 9.73 Å². The second-order valence-corrected chi connectivity index (χ2v) is 7.29. The van der Waals surface area contributed by atoms with E-state index in [0.717, 1.165) is 0 Å². The standard InChI is InChI=1S/C19H16N2O5S/c1-2-10-20-19(23)21-27(24,25)14-7-5-6-13(11-14)18-12-16(22)15-8-3-4-9-17(15)26-18/h2-9,11-12H,1,10H2,(H2,20,21,23). The summed E-state index contributed by atoms with van der Waals surface area (Å²) in [5.74, 6) is 0.229. The summed E-state index contributed by atoms with van der Waals surface area (Å²) in [6.45, 7) is 3.56. The number of amides is 2. The minimum absolute atomic E-state index is 0.129. The van der Waals surface area contributed by atoms with Gasteiger partial charge in [-0.15, -0.1) is 6.58 Å². The molecule has 0 fully saturated rings. The molecule has 0 unspecified atom stereocenters. The number of rotatable bonds is 5. The van der Waals surface area contributed by atoms with E-state index in [-0.39, 0.29) is 22.6 Å². The first kappa shape index (κ1) is 18.4. The molecule has 8 heteroatoms. The van der Waals surface area contributed by atoms with E-state index in [1.165, 1.54) is 30.3 Å². The number of benzene rings is 2. The largest absolute Gasteiger partial charge is 0.456 e. The molecule has 1 aromatic heterocycles. The summed E-state index contributed by atoms with van der Waals surface area (Å²) in [4.78, 5) is 23.7. The Balaban J connectivity index is 1.97. The first-order valence-corrected chi connectivity index (χ1v) is 9.44. The summed E-state index contributed by atoms with van der Waals surface area (Å²) in [6, 6.07) is 13.0. The minimum Gasteiger partial charge on any atom is -0.456 e. The van der Waals surface area contributed by atoms with E-state index < -0.39 is 16.1 Å². The van der Waals surface area contributed by atoms with Crippen LogP contribution in [0.4, 0.5) is 4.79 Å². The van der Waals surface area contributed by atoms with Crippen molar-refractivity contribution >= 4 is 27.0 Å². The molecule has 0 bridgehead atoms. The molecular formula is C19H16N2O5S. The molecule has 0 aliphatic rings. The number of hydrogen-bond donors (Lipinski definition) is 2. The minimum atomic E-state index is -4.09. The Labute approximate surface area is 155 Å². The molecule has 0 aliphatic carbocycles. The van der Waals surface area contributed by atoms with Crippen LogP contribution < -0.4 is 15.5 Å². The van der Waals surface area contributed by atoms with Gasteiger partial charge in [0.05, 0.1) is 10.3 Å². The lowest BCUT2D eigenvalue weighted by atomic mass is 10.1. The second kappa shape index (κ2) is 7.46. The number of hydrogen-bond acceptors (Lipinski definition) is 5. The van der Waals surface area contributed by atoms with Crippen LogP contribution in [0.25, 0.3) is 22.3 Å². The van der Waals surface area contributed by atoms with Gasteiger partial charge >= 0.3 is 6.03 Å². The summed E-state index contributed by atoms with van der Waals surface area (Å²) < 4.78 is 32.4. The number of para-hydroxylation sites is 1. The van der Waals surface area contributed by atoms with Gasteiger partial charge in [-0.05, 0) is 24.3 Å². The zero-order valence-corrected chi connectivity index (χ0v) is 15.0. The molecule has 0 aliphatic heterocycles. The van der Waals surface area contributed by atoms with Crippen molar-refractivity contribution in [3.05, 3.63) is 77.5 Å². The average Bonchev–Trinajstić information content (AvgIpc) is 2.66. The van der Waals surface area contributed by atoms with Crippen molar-refractivity contribution in [2.24, 2.45) is 0 Å². The van der Waals surface area contributed by atoms with Crippen molar-refractivity contribution in [3.8, 4) is 11.3 Å². The highest BCUT2D eigenvalue weighted by Gasteiger charge is 2.18. The van der Waals surface area contributed by atoms with Crippen LogP contribution in [0.3, 0.4) is 0 Å². The lowest BCUT2D eigenvalue weighted by Gasteiger charge is -2.09. The predicted molar refractivity (Wildman–Crippen MR) is 102 cm³/mol. The summed E-state index contributed by atoms with van der Waals surface area (Å²) >= 11 is 0. The third kappa shape index (κ3) is 4.06. The number of nitrogens with one attached hydrogen (secondary N) is 2. The van der Waals surface area contributed by atoms with E-state index >= 15 is 0 Å². The van der Waals surface area contributed by atoms with Crippen molar-refractivity contribution in [3.63, 3.8) is 0 Å². The van der Waals surface area contributed by atoms with E-state index in [2.05, 4.69) is 11.9 Å². The Bertz CT molecular complexity index is 1180. The van der Waals surface area contributed by atoms with Crippen LogP contribution in [0, 0.1) is 0 Å². The molecule has 0 saturated carbocycles. The number of carbonyl (C=O) groups is 1. The summed E-state index contributed by atoms with van der Waals surface area (Å²) in [5.41, 5.74) is 0.560. The fourth-order valence-electron chi connectivity index (χ4n) is 2.44. The molecule has 3 rings (SSSR count). The molecule has 7 nitrogen and oxygen atoms in total. The van der Waals surface area contributed by atoms with Crippen molar-refractivity contribution in [1.82, 2.24) is 10.0 Å². The summed E-state index contributed by atoms with van der Waals surface area (Å²) in [7, 11) is -4.09. The van der Waals surface area contributed by atoms with Gasteiger partial charge in [-0.3, -0.25) is 4.79 Å². The van der Waals surface area contributed by atoms with Crippen LogP contribution in [-0.2, 0) is 10.0 Å². The summed E-state index contributed by atoms with van der Waals surface area (Å²) in [6.07, 6.45) is 1.43. The Hall–Kier alpha value is -3.39. The average molecular weight is 384 g/mol. The highest BCUT2D eigenvalue weighted by atomic mass is 32.2. The summed E-state index contributed by atoms with van der Waals surface area (Å²) in [5, 5.41) is 2.76. The fourth-order valence-corrected chi connectivity index (χ4v) is 3.42. The first-order chi connectivity index (χ1) is 12.9. The van der Waals surface area contributed by atoms with Crippen molar-refractivity contribution in [1.29, 1.82) is 0 Å². The van der Waals surface area contributed by atoms with Crippen molar-refractivity contribution in [2.75, 3.05) is 6.54 Å². The van der Waals surface area contributed by atoms with Gasteiger partial charge in [0.2, 0.25) is 0 Å². The van der Waals surface area contributed by atoms with Crippen LogP contribution in [0.5, 0.6) is 0 Å². The van der Waals surface area contributed by atoms with Crippen LogP contribution in [0.1, 0.15) is 0 Å². The maximum absolute atomic E-state index is 12.4.